The van der Waals surface area contributed by atoms with E-state index in [-0.39, 0.29) is 12.1 Å². The van der Waals surface area contributed by atoms with Gasteiger partial charge in [-0.15, -0.1) is 11.3 Å². The van der Waals surface area contributed by atoms with E-state index in [9.17, 15) is 9.36 Å². The predicted molar refractivity (Wildman–Crippen MR) is 140 cm³/mol. The second kappa shape index (κ2) is 10.4. The predicted octanol–water partition coefficient (Wildman–Crippen LogP) is 6.14. The van der Waals surface area contributed by atoms with Gasteiger partial charge in [0.25, 0.3) is 13.4 Å². The molecule has 6 nitrogen and oxygen atoms in total. The third-order valence-electron chi connectivity index (χ3n) is 5.47. The van der Waals surface area contributed by atoms with E-state index in [1.54, 1.807) is 17.4 Å². The third-order valence-corrected chi connectivity index (χ3v) is 7.81. The largest absolute Gasteiger partial charge is 0.397 e. The van der Waals surface area contributed by atoms with Gasteiger partial charge in [-0.05, 0) is 64.4 Å². The van der Waals surface area contributed by atoms with Gasteiger partial charge < -0.3 is 15.6 Å². The summed E-state index contributed by atoms with van der Waals surface area (Å²) in [6.45, 7) is 0. The highest BCUT2D eigenvalue weighted by Gasteiger charge is 2.15. The van der Waals surface area contributed by atoms with Crippen LogP contribution < -0.4 is 16.6 Å². The van der Waals surface area contributed by atoms with Crippen LogP contribution in [0.15, 0.2) is 84.2 Å². The van der Waals surface area contributed by atoms with E-state index in [0.717, 1.165) is 27.1 Å². The van der Waals surface area contributed by atoms with Crippen molar-refractivity contribution >= 4 is 36.1 Å². The minimum absolute atomic E-state index is 0.203. The highest BCUT2D eigenvalue weighted by molar-refractivity contribution is 7.55. The number of hydrogen-bond donors (Lipinski definition) is 3. The number of rotatable bonds is 8. The number of nitrogen functional groups attached to an aromatic ring is 1. The first-order valence-electron chi connectivity index (χ1n) is 10.7. The van der Waals surface area contributed by atoms with Gasteiger partial charge in [0.05, 0.1) is 17.5 Å². The lowest BCUT2D eigenvalue weighted by atomic mass is 10.0. The number of nitrogens with one attached hydrogen (secondary N) is 1. The van der Waals surface area contributed by atoms with Crippen LogP contribution in [0.5, 0.6) is 0 Å². The van der Waals surface area contributed by atoms with E-state index in [0.29, 0.717) is 23.4 Å². The van der Waals surface area contributed by atoms with Gasteiger partial charge in [0.2, 0.25) is 0 Å². The molecule has 1 unspecified atom stereocenters. The molecule has 34 heavy (non-hydrogen) atoms. The minimum atomic E-state index is -3.08. The van der Waals surface area contributed by atoms with Crippen LogP contribution in [0.4, 0.5) is 11.4 Å². The zero-order valence-electron chi connectivity index (χ0n) is 18.7. The average Bonchev–Trinajstić information content (AvgIpc) is 3.37. The van der Waals surface area contributed by atoms with E-state index in [1.165, 1.54) is 7.11 Å². The molecule has 0 radical (unpaired) electrons. The molecule has 0 saturated carbocycles. The Morgan fingerprint density at radius 1 is 0.971 bits per heavy atom. The summed E-state index contributed by atoms with van der Waals surface area (Å²) in [6.07, 6.45) is 0.914. The van der Waals surface area contributed by atoms with Gasteiger partial charge >= 0.3 is 0 Å². The molecule has 0 aliphatic carbocycles. The lowest BCUT2D eigenvalue weighted by Gasteiger charge is -2.11. The number of carbonyl (C=O) groups excluding carboxylic acids is 1. The summed E-state index contributed by atoms with van der Waals surface area (Å²) in [5.41, 5.74) is 17.4. The van der Waals surface area contributed by atoms with E-state index in [1.807, 2.05) is 78.2 Å². The van der Waals surface area contributed by atoms with Gasteiger partial charge in [0.15, 0.2) is 0 Å². The Kier molecular flexibility index (Phi) is 7.29. The van der Waals surface area contributed by atoms with Crippen LogP contribution >= 0.6 is 18.9 Å². The molecule has 0 aliphatic heterocycles. The van der Waals surface area contributed by atoms with Gasteiger partial charge in [-0.2, -0.15) is 0 Å². The molecule has 0 spiro atoms. The van der Waals surface area contributed by atoms with E-state index in [2.05, 4.69) is 5.32 Å². The standard InChI is InChI=1S/C26H26N3O3PS/c1-32-33(28,31)17-20-6-4-18(5-7-20)15-19-8-10-21(11-9-19)26(30)29-24-16-22(12-13-23(24)27)25-3-2-14-34-25/h2-14,16H,15,17,27H2,1H3,(H2,28,31)(H,29,30). The van der Waals surface area contributed by atoms with Crippen molar-refractivity contribution in [3.63, 3.8) is 0 Å². The van der Waals surface area contributed by atoms with Crippen LogP contribution in [-0.2, 0) is 21.7 Å². The molecule has 1 amide bonds. The molecule has 4 aromatic rings. The molecule has 0 aliphatic rings. The SMILES string of the molecule is COP(N)(=O)Cc1ccc(Cc2ccc(C(=O)Nc3cc(-c4cccs4)ccc3N)cc2)cc1. The fourth-order valence-corrected chi connectivity index (χ4v) is 5.12. The molecule has 1 atom stereocenters. The second-order valence-corrected chi connectivity index (χ2v) is 11.1. The van der Waals surface area contributed by atoms with Crippen molar-refractivity contribution in [3.05, 3.63) is 106 Å². The quantitative estimate of drug-likeness (QED) is 0.203. The first-order chi connectivity index (χ1) is 16.3. The number of thiophene rings is 1. The summed E-state index contributed by atoms with van der Waals surface area (Å²) >= 11 is 1.63. The molecular formula is C26H26N3O3PS. The van der Waals surface area contributed by atoms with Gasteiger partial charge in [-0.1, -0.05) is 48.5 Å². The molecule has 1 aromatic heterocycles. The number of hydrogen-bond acceptors (Lipinski definition) is 5. The van der Waals surface area contributed by atoms with Crippen LogP contribution in [0.2, 0.25) is 0 Å². The summed E-state index contributed by atoms with van der Waals surface area (Å²) in [5, 5.41) is 4.94. The van der Waals surface area contributed by atoms with Crippen molar-refractivity contribution in [3.8, 4) is 10.4 Å². The van der Waals surface area contributed by atoms with Crippen LogP contribution in [0, 0.1) is 0 Å². The lowest BCUT2D eigenvalue weighted by Crippen LogP contribution is -2.13. The van der Waals surface area contributed by atoms with E-state index >= 15 is 0 Å². The molecule has 0 fully saturated rings. The van der Waals surface area contributed by atoms with Crippen molar-refractivity contribution in [2.24, 2.45) is 5.50 Å². The number of anilines is 2. The molecule has 3 aromatic carbocycles. The highest BCUT2D eigenvalue weighted by Crippen LogP contribution is 2.40. The Hall–Kier alpha value is -3.22. The van der Waals surface area contributed by atoms with Crippen LogP contribution in [-0.4, -0.2) is 13.0 Å². The van der Waals surface area contributed by atoms with E-state index in [4.69, 9.17) is 15.8 Å². The zero-order chi connectivity index (χ0) is 24.1. The zero-order valence-corrected chi connectivity index (χ0v) is 20.4. The average molecular weight is 492 g/mol. The first-order valence-corrected chi connectivity index (χ1v) is 13.4. The lowest BCUT2D eigenvalue weighted by molar-refractivity contribution is 0.102. The normalized spacial score (nSPS) is 12.8. The van der Waals surface area contributed by atoms with Crippen molar-refractivity contribution in [2.45, 2.75) is 12.6 Å². The minimum Gasteiger partial charge on any atom is -0.397 e. The summed E-state index contributed by atoms with van der Waals surface area (Å²) in [5.74, 6) is -0.213. The Morgan fingerprint density at radius 2 is 1.62 bits per heavy atom. The highest BCUT2D eigenvalue weighted by atomic mass is 32.1. The fraction of sp³-hybridized carbons (Fsp3) is 0.115. The van der Waals surface area contributed by atoms with Crippen molar-refractivity contribution in [2.75, 3.05) is 18.2 Å². The first kappa shape index (κ1) is 23.9. The Labute approximate surface area is 203 Å². The monoisotopic (exact) mass is 491 g/mol. The number of nitrogens with two attached hydrogens (primary N) is 2. The van der Waals surface area contributed by atoms with Crippen LogP contribution in [0.3, 0.4) is 0 Å². The summed E-state index contributed by atoms with van der Waals surface area (Å²) in [4.78, 5) is 13.9. The summed E-state index contributed by atoms with van der Waals surface area (Å²) in [7, 11) is -1.72. The molecular weight excluding hydrogens is 465 g/mol. The number of amides is 1. The summed E-state index contributed by atoms with van der Waals surface area (Å²) < 4.78 is 16.8. The maximum absolute atomic E-state index is 12.8. The Balaban J connectivity index is 1.40. The van der Waals surface area contributed by atoms with Crippen molar-refractivity contribution in [1.29, 1.82) is 0 Å². The molecule has 0 bridgehead atoms. The Morgan fingerprint density at radius 3 is 2.24 bits per heavy atom. The van der Waals surface area contributed by atoms with Gasteiger partial charge in [0, 0.05) is 17.6 Å². The molecule has 0 saturated heterocycles. The number of benzene rings is 3. The Bertz CT molecular complexity index is 1320. The maximum atomic E-state index is 12.8. The molecule has 8 heteroatoms. The van der Waals surface area contributed by atoms with Gasteiger partial charge in [-0.3, -0.25) is 14.9 Å². The van der Waals surface area contributed by atoms with Gasteiger partial charge in [-0.25, -0.2) is 0 Å². The fourth-order valence-electron chi connectivity index (χ4n) is 3.55. The van der Waals surface area contributed by atoms with Crippen LogP contribution in [0.25, 0.3) is 10.4 Å². The smallest absolute Gasteiger partial charge is 0.271 e. The van der Waals surface area contributed by atoms with Crippen molar-refractivity contribution < 1.29 is 13.9 Å². The van der Waals surface area contributed by atoms with Gasteiger partial charge in [0.1, 0.15) is 0 Å². The molecule has 1 heterocycles. The van der Waals surface area contributed by atoms with E-state index < -0.39 is 7.52 Å². The summed E-state index contributed by atoms with van der Waals surface area (Å²) in [6, 6.07) is 24.9. The molecule has 4 rings (SSSR count). The topological polar surface area (TPSA) is 107 Å². The number of carbonyl (C=O) groups is 1. The third kappa shape index (κ3) is 6.01. The second-order valence-electron chi connectivity index (χ2n) is 7.99. The van der Waals surface area contributed by atoms with Crippen molar-refractivity contribution in [1.82, 2.24) is 0 Å². The molecule has 5 N–H and O–H groups in total. The van der Waals surface area contributed by atoms with Crippen LogP contribution in [0.1, 0.15) is 27.0 Å². The maximum Gasteiger partial charge on any atom is 0.271 e. The molecule has 174 valence electrons.